The van der Waals surface area contributed by atoms with Gasteiger partial charge in [0.1, 0.15) is 12.1 Å². The first-order valence-corrected chi connectivity index (χ1v) is 8.89. The van der Waals surface area contributed by atoms with Gasteiger partial charge in [0.05, 0.1) is 22.8 Å². The number of anilines is 1. The van der Waals surface area contributed by atoms with Gasteiger partial charge in [-0.1, -0.05) is 53.2 Å². The minimum Gasteiger partial charge on any atom is -0.382 e. The number of carbonyl (C=O) groups is 1. The number of nitrogens with one attached hydrogen (secondary N) is 1. The number of oxime groups is 1. The molecule has 2 aromatic carbocycles. The summed E-state index contributed by atoms with van der Waals surface area (Å²) < 4.78 is 15.6. The highest BCUT2D eigenvalue weighted by Gasteiger charge is 2.31. The molecule has 1 aliphatic heterocycles. The van der Waals surface area contributed by atoms with Crippen molar-refractivity contribution in [2.45, 2.75) is 19.1 Å². The van der Waals surface area contributed by atoms with Gasteiger partial charge in [-0.3, -0.25) is 10.1 Å². The lowest BCUT2D eigenvalue weighted by atomic mass is 10.0. The van der Waals surface area contributed by atoms with Gasteiger partial charge in [0.25, 0.3) is 5.91 Å². The minimum atomic E-state index is -0.910. The molecule has 1 N–H and O–H groups in total. The molecule has 0 fully saturated rings. The predicted octanol–water partition coefficient (Wildman–Crippen LogP) is 3.25. The van der Waals surface area contributed by atoms with Crippen LogP contribution in [-0.2, 0) is 16.2 Å². The molecule has 0 spiro atoms. The SMILES string of the molecule is O=C(Nc1ncn(Cc2ccccc2)n1)[C@H]1CC(c2c(F)cccc2Cl)=NO1. The highest BCUT2D eigenvalue weighted by molar-refractivity contribution is 6.34. The molecule has 9 heteroatoms. The predicted molar refractivity (Wildman–Crippen MR) is 102 cm³/mol. The first-order valence-electron chi connectivity index (χ1n) is 8.51. The van der Waals surface area contributed by atoms with Gasteiger partial charge in [0.15, 0.2) is 0 Å². The van der Waals surface area contributed by atoms with Gasteiger partial charge in [-0.15, -0.1) is 5.10 Å². The molecule has 0 bridgehead atoms. The van der Waals surface area contributed by atoms with Crippen LogP contribution < -0.4 is 5.32 Å². The first-order chi connectivity index (χ1) is 13.6. The maximum Gasteiger partial charge on any atom is 0.271 e. The molecule has 0 aliphatic carbocycles. The molecule has 7 nitrogen and oxygen atoms in total. The summed E-state index contributed by atoms with van der Waals surface area (Å²) in [6.45, 7) is 0.530. The number of halogens is 2. The molecule has 28 heavy (non-hydrogen) atoms. The average molecular weight is 400 g/mol. The van der Waals surface area contributed by atoms with Gasteiger partial charge in [-0.05, 0) is 17.7 Å². The van der Waals surface area contributed by atoms with Crippen LogP contribution in [0, 0.1) is 5.82 Å². The Balaban J connectivity index is 1.38. The van der Waals surface area contributed by atoms with Crippen LogP contribution in [0.3, 0.4) is 0 Å². The van der Waals surface area contributed by atoms with Gasteiger partial charge in [0, 0.05) is 6.42 Å². The molecule has 0 unspecified atom stereocenters. The van der Waals surface area contributed by atoms with Gasteiger partial charge >= 0.3 is 0 Å². The van der Waals surface area contributed by atoms with E-state index in [1.165, 1.54) is 18.5 Å². The Kier molecular flexibility index (Phi) is 5.03. The van der Waals surface area contributed by atoms with Crippen molar-refractivity contribution in [1.29, 1.82) is 0 Å². The topological polar surface area (TPSA) is 81.4 Å². The molecule has 4 rings (SSSR count). The molecule has 0 saturated carbocycles. The second-order valence-electron chi connectivity index (χ2n) is 6.17. The molecule has 3 aromatic rings. The van der Waals surface area contributed by atoms with Crippen molar-refractivity contribution in [2.24, 2.45) is 5.16 Å². The number of hydrogen-bond donors (Lipinski definition) is 1. The van der Waals surface area contributed by atoms with Gasteiger partial charge < -0.3 is 4.84 Å². The third kappa shape index (κ3) is 3.86. The van der Waals surface area contributed by atoms with Crippen molar-refractivity contribution in [1.82, 2.24) is 14.8 Å². The van der Waals surface area contributed by atoms with Crippen LogP contribution in [0.25, 0.3) is 0 Å². The van der Waals surface area contributed by atoms with Crippen LogP contribution >= 0.6 is 11.6 Å². The fourth-order valence-corrected chi connectivity index (χ4v) is 3.10. The molecule has 1 aliphatic rings. The Morgan fingerprint density at radius 2 is 2.07 bits per heavy atom. The van der Waals surface area contributed by atoms with Crippen LogP contribution in [0.15, 0.2) is 60.0 Å². The summed E-state index contributed by atoms with van der Waals surface area (Å²) >= 11 is 6.04. The summed E-state index contributed by atoms with van der Waals surface area (Å²) in [6, 6.07) is 14.1. The van der Waals surface area contributed by atoms with E-state index < -0.39 is 17.8 Å². The third-order valence-corrected chi connectivity index (χ3v) is 4.49. The quantitative estimate of drug-likeness (QED) is 0.714. The number of amides is 1. The van der Waals surface area contributed by atoms with E-state index in [4.69, 9.17) is 16.4 Å². The lowest BCUT2D eigenvalue weighted by Gasteiger charge is -2.07. The second kappa shape index (κ2) is 7.77. The van der Waals surface area contributed by atoms with Crippen molar-refractivity contribution < 1.29 is 14.0 Å². The summed E-state index contributed by atoms with van der Waals surface area (Å²) in [6.07, 6.45) is 0.711. The number of carbonyl (C=O) groups excluding carboxylic acids is 1. The normalized spacial score (nSPS) is 15.8. The van der Waals surface area contributed by atoms with Crippen molar-refractivity contribution in [2.75, 3.05) is 5.32 Å². The molecular weight excluding hydrogens is 385 g/mol. The van der Waals surface area contributed by atoms with Gasteiger partial charge in [-0.25, -0.2) is 14.1 Å². The second-order valence-corrected chi connectivity index (χ2v) is 6.58. The van der Waals surface area contributed by atoms with Crippen LogP contribution in [0.4, 0.5) is 10.3 Å². The summed E-state index contributed by atoms with van der Waals surface area (Å²) in [5, 5.41) is 10.8. The molecule has 0 radical (unpaired) electrons. The Morgan fingerprint density at radius 1 is 1.25 bits per heavy atom. The standard InChI is InChI=1S/C19H15ClFN5O2/c20-13-7-4-8-14(21)17(13)15-9-16(28-25-15)18(27)23-19-22-11-26(24-19)10-12-5-2-1-3-6-12/h1-8,11,16H,9-10H2,(H,23,24,27)/t16-/m1/s1. The van der Waals surface area contributed by atoms with E-state index in [0.29, 0.717) is 6.54 Å². The van der Waals surface area contributed by atoms with Crippen molar-refractivity contribution in [3.8, 4) is 0 Å². The fraction of sp³-hybridized carbons (Fsp3) is 0.158. The molecule has 2 heterocycles. The largest absolute Gasteiger partial charge is 0.382 e. The van der Waals surface area contributed by atoms with E-state index in [9.17, 15) is 9.18 Å². The summed E-state index contributed by atoms with van der Waals surface area (Å²) in [7, 11) is 0. The van der Waals surface area contributed by atoms with E-state index >= 15 is 0 Å². The average Bonchev–Trinajstić information content (AvgIpc) is 3.32. The maximum absolute atomic E-state index is 14.0. The van der Waals surface area contributed by atoms with Crippen molar-refractivity contribution in [3.63, 3.8) is 0 Å². The number of nitrogens with zero attached hydrogens (tertiary/aromatic N) is 4. The zero-order valence-electron chi connectivity index (χ0n) is 14.5. The number of hydrogen-bond acceptors (Lipinski definition) is 5. The van der Waals surface area contributed by atoms with E-state index in [-0.39, 0.29) is 28.7 Å². The van der Waals surface area contributed by atoms with Crippen LogP contribution in [0.2, 0.25) is 5.02 Å². The van der Waals surface area contributed by atoms with E-state index in [0.717, 1.165) is 5.56 Å². The Hall–Kier alpha value is -3.26. The Bertz CT molecular complexity index is 1020. The number of benzene rings is 2. The first kappa shape index (κ1) is 18.1. The zero-order chi connectivity index (χ0) is 19.5. The third-order valence-electron chi connectivity index (χ3n) is 4.17. The molecule has 142 valence electrons. The highest BCUT2D eigenvalue weighted by atomic mass is 35.5. The zero-order valence-corrected chi connectivity index (χ0v) is 15.3. The smallest absolute Gasteiger partial charge is 0.271 e. The van der Waals surface area contributed by atoms with E-state index in [2.05, 4.69) is 20.6 Å². The molecule has 1 atom stereocenters. The Morgan fingerprint density at radius 3 is 2.86 bits per heavy atom. The van der Waals surface area contributed by atoms with Gasteiger partial charge in [-0.2, -0.15) is 0 Å². The molecule has 0 saturated heterocycles. The summed E-state index contributed by atoms with van der Waals surface area (Å²) in [5.41, 5.74) is 1.49. The summed E-state index contributed by atoms with van der Waals surface area (Å²) in [5.74, 6) is -0.831. The van der Waals surface area contributed by atoms with Crippen molar-refractivity contribution >= 4 is 29.2 Å². The highest BCUT2D eigenvalue weighted by Crippen LogP contribution is 2.25. The van der Waals surface area contributed by atoms with Crippen molar-refractivity contribution in [3.05, 3.63) is 76.8 Å². The Labute approximate surface area is 164 Å². The van der Waals surface area contributed by atoms with E-state index in [1.807, 2.05) is 30.3 Å². The number of aromatic nitrogens is 3. The lowest BCUT2D eigenvalue weighted by molar-refractivity contribution is -0.125. The van der Waals surface area contributed by atoms with Gasteiger partial charge in [0.2, 0.25) is 12.1 Å². The van der Waals surface area contributed by atoms with Crippen LogP contribution in [0.5, 0.6) is 0 Å². The van der Waals surface area contributed by atoms with E-state index in [1.54, 1.807) is 10.7 Å². The van der Waals surface area contributed by atoms with Crippen LogP contribution in [0.1, 0.15) is 17.5 Å². The number of rotatable bonds is 5. The molecule has 1 amide bonds. The maximum atomic E-state index is 14.0. The molecule has 1 aromatic heterocycles. The monoisotopic (exact) mass is 399 g/mol. The van der Waals surface area contributed by atoms with Crippen LogP contribution in [-0.4, -0.2) is 32.5 Å². The summed E-state index contributed by atoms with van der Waals surface area (Å²) in [4.78, 5) is 21.6. The fourth-order valence-electron chi connectivity index (χ4n) is 2.83. The molecular formula is C19H15ClFN5O2. The lowest BCUT2D eigenvalue weighted by Crippen LogP contribution is -2.28. The minimum absolute atomic E-state index is 0.0945.